The van der Waals surface area contributed by atoms with Gasteiger partial charge in [0.15, 0.2) is 5.82 Å². The fourth-order valence-electron chi connectivity index (χ4n) is 3.94. The van der Waals surface area contributed by atoms with Gasteiger partial charge in [0.25, 0.3) is 5.56 Å². The highest BCUT2D eigenvalue weighted by molar-refractivity contribution is 6.06. The van der Waals surface area contributed by atoms with Crippen LogP contribution < -0.4 is 10.9 Å². The van der Waals surface area contributed by atoms with Crippen molar-refractivity contribution in [2.75, 3.05) is 0 Å². The van der Waals surface area contributed by atoms with Gasteiger partial charge in [0.05, 0.1) is 11.8 Å². The summed E-state index contributed by atoms with van der Waals surface area (Å²) in [4.78, 5) is 35.2. The number of hydrogen-bond donors (Lipinski definition) is 1. The lowest BCUT2D eigenvalue weighted by molar-refractivity contribution is -0.122. The molecule has 4 aromatic rings. The summed E-state index contributed by atoms with van der Waals surface area (Å²) in [5, 5.41) is 7.86. The third kappa shape index (κ3) is 3.68. The molecule has 9 heteroatoms. The zero-order valence-electron chi connectivity index (χ0n) is 18.5. The Bertz CT molecular complexity index is 1380. The van der Waals surface area contributed by atoms with Gasteiger partial charge in [-0.25, -0.2) is 4.98 Å². The zero-order chi connectivity index (χ0) is 22.4. The maximum absolute atomic E-state index is 13.5. The van der Waals surface area contributed by atoms with Crippen LogP contribution in [-0.4, -0.2) is 36.2 Å². The summed E-state index contributed by atoms with van der Waals surface area (Å²) in [6.45, 7) is 6.15. The molecule has 3 heterocycles. The average Bonchev–Trinajstić information content (AvgIpc) is 3.44. The van der Waals surface area contributed by atoms with Crippen LogP contribution in [0, 0.1) is 6.92 Å². The molecule has 0 aliphatic heterocycles. The number of carbonyl (C=O) groups is 1. The first-order valence-corrected chi connectivity index (χ1v) is 11.0. The lowest BCUT2D eigenvalue weighted by atomic mass is 10.1. The Morgan fingerprint density at radius 2 is 2.16 bits per heavy atom. The average molecular weight is 435 g/mol. The van der Waals surface area contributed by atoms with E-state index in [0.29, 0.717) is 28.7 Å². The predicted molar refractivity (Wildman–Crippen MR) is 120 cm³/mol. The van der Waals surface area contributed by atoms with E-state index in [1.165, 1.54) is 10.9 Å². The van der Waals surface area contributed by atoms with Gasteiger partial charge in [0.2, 0.25) is 11.8 Å². The molecular formula is C23H26N6O3. The number of hydrogen-bond acceptors (Lipinski definition) is 6. The second-order valence-electron chi connectivity index (χ2n) is 8.68. The summed E-state index contributed by atoms with van der Waals surface area (Å²) in [5.41, 5.74) is 2.61. The van der Waals surface area contributed by atoms with E-state index in [4.69, 9.17) is 4.52 Å². The standard InChI is InChI=1S/C23H26N6O3/c1-4-14(3)25-18(30)10-29-17-8-5-13(2)9-16(17)20-21(29)23(31)28(12-24-20)11-19-26-22(27-32-19)15-6-7-15/h5,8-9,12,14-15H,4,6-7,10-11H2,1-3H3,(H,25,30). The molecule has 1 aliphatic rings. The molecule has 1 saturated carbocycles. The number of amides is 1. The monoisotopic (exact) mass is 434 g/mol. The van der Waals surface area contributed by atoms with Crippen molar-refractivity contribution in [3.05, 3.63) is 52.2 Å². The number of nitrogens with zero attached hydrogens (tertiary/aromatic N) is 5. The molecule has 32 heavy (non-hydrogen) atoms. The highest BCUT2D eigenvalue weighted by atomic mass is 16.5. The van der Waals surface area contributed by atoms with Gasteiger partial charge in [-0.2, -0.15) is 4.98 Å². The second-order valence-corrected chi connectivity index (χ2v) is 8.68. The molecule has 3 aromatic heterocycles. The molecule has 1 unspecified atom stereocenters. The summed E-state index contributed by atoms with van der Waals surface area (Å²) < 4.78 is 8.56. The molecule has 5 rings (SSSR count). The van der Waals surface area contributed by atoms with Crippen LogP contribution in [0.5, 0.6) is 0 Å². The van der Waals surface area contributed by atoms with Gasteiger partial charge in [0.1, 0.15) is 24.1 Å². The highest BCUT2D eigenvalue weighted by Gasteiger charge is 2.29. The molecule has 0 saturated heterocycles. The fourth-order valence-corrected chi connectivity index (χ4v) is 3.94. The maximum Gasteiger partial charge on any atom is 0.278 e. The van der Waals surface area contributed by atoms with Crippen molar-refractivity contribution in [2.45, 2.75) is 65.1 Å². The molecule has 166 valence electrons. The van der Waals surface area contributed by atoms with Crippen molar-refractivity contribution >= 4 is 27.8 Å². The molecule has 1 aliphatic carbocycles. The van der Waals surface area contributed by atoms with Crippen molar-refractivity contribution in [3.63, 3.8) is 0 Å². The molecule has 0 spiro atoms. The molecule has 1 aromatic carbocycles. The molecule has 1 atom stereocenters. The third-order valence-corrected chi connectivity index (χ3v) is 6.04. The second kappa shape index (κ2) is 7.89. The summed E-state index contributed by atoms with van der Waals surface area (Å²) in [6, 6.07) is 5.97. The number of aryl methyl sites for hydroxylation is 1. The Kier molecular flexibility index (Phi) is 5.03. The summed E-state index contributed by atoms with van der Waals surface area (Å²) >= 11 is 0. The minimum Gasteiger partial charge on any atom is -0.352 e. The number of aromatic nitrogens is 5. The first kappa shape index (κ1) is 20.4. The SMILES string of the molecule is CCC(C)NC(=O)Cn1c2ccc(C)cc2c2ncn(Cc3nc(C4CC4)no3)c(=O)c21. The van der Waals surface area contributed by atoms with Crippen LogP contribution in [0.25, 0.3) is 21.9 Å². The van der Waals surface area contributed by atoms with Crippen molar-refractivity contribution in [2.24, 2.45) is 0 Å². The maximum atomic E-state index is 13.5. The summed E-state index contributed by atoms with van der Waals surface area (Å²) in [5.74, 6) is 1.32. The van der Waals surface area contributed by atoms with Crippen molar-refractivity contribution in [1.82, 2.24) is 29.6 Å². The van der Waals surface area contributed by atoms with Crippen LogP contribution in [0.2, 0.25) is 0 Å². The van der Waals surface area contributed by atoms with E-state index >= 15 is 0 Å². The lowest BCUT2D eigenvalue weighted by Gasteiger charge is -2.13. The first-order valence-electron chi connectivity index (χ1n) is 11.0. The summed E-state index contributed by atoms with van der Waals surface area (Å²) in [7, 11) is 0. The number of rotatable bonds is 7. The fraction of sp³-hybridized carbons (Fsp3) is 0.435. The normalized spacial score (nSPS) is 14.8. The molecule has 0 bridgehead atoms. The van der Waals surface area contributed by atoms with Crippen molar-refractivity contribution in [3.8, 4) is 0 Å². The number of nitrogens with one attached hydrogen (secondary N) is 1. The number of benzene rings is 1. The van der Waals surface area contributed by atoms with Crippen LogP contribution in [0.15, 0.2) is 33.8 Å². The van der Waals surface area contributed by atoms with E-state index in [1.54, 1.807) is 4.57 Å². The Labute approximate surface area is 184 Å². The highest BCUT2D eigenvalue weighted by Crippen LogP contribution is 2.38. The van der Waals surface area contributed by atoms with E-state index in [0.717, 1.165) is 35.7 Å². The van der Waals surface area contributed by atoms with E-state index in [9.17, 15) is 9.59 Å². The lowest BCUT2D eigenvalue weighted by Crippen LogP contribution is -2.35. The minimum absolute atomic E-state index is 0.0424. The minimum atomic E-state index is -0.244. The summed E-state index contributed by atoms with van der Waals surface area (Å²) in [6.07, 6.45) is 4.49. The van der Waals surface area contributed by atoms with Crippen LogP contribution in [0.1, 0.15) is 56.3 Å². The van der Waals surface area contributed by atoms with E-state index in [-0.39, 0.29) is 30.6 Å². The van der Waals surface area contributed by atoms with Gasteiger partial charge in [-0.15, -0.1) is 0 Å². The van der Waals surface area contributed by atoms with Gasteiger partial charge in [-0.05, 0) is 45.2 Å². The van der Waals surface area contributed by atoms with Gasteiger partial charge in [-0.1, -0.05) is 23.7 Å². The topological polar surface area (TPSA) is 108 Å². The van der Waals surface area contributed by atoms with Crippen LogP contribution in [0.4, 0.5) is 0 Å². The van der Waals surface area contributed by atoms with Crippen LogP contribution in [-0.2, 0) is 17.9 Å². The van der Waals surface area contributed by atoms with Gasteiger partial charge >= 0.3 is 0 Å². The molecule has 1 fully saturated rings. The van der Waals surface area contributed by atoms with E-state index in [1.807, 2.05) is 39.0 Å². The van der Waals surface area contributed by atoms with Gasteiger partial charge < -0.3 is 14.4 Å². The third-order valence-electron chi connectivity index (χ3n) is 6.04. The molecule has 0 radical (unpaired) electrons. The van der Waals surface area contributed by atoms with Gasteiger partial charge in [-0.3, -0.25) is 14.2 Å². The Hall–Kier alpha value is -3.49. The van der Waals surface area contributed by atoms with Crippen molar-refractivity contribution < 1.29 is 9.32 Å². The van der Waals surface area contributed by atoms with E-state index < -0.39 is 0 Å². The first-order chi connectivity index (χ1) is 15.4. The number of carbonyl (C=O) groups excluding carboxylic acids is 1. The Balaban J connectivity index is 1.59. The smallest absolute Gasteiger partial charge is 0.278 e. The van der Waals surface area contributed by atoms with Crippen LogP contribution in [0.3, 0.4) is 0 Å². The van der Waals surface area contributed by atoms with Crippen LogP contribution >= 0.6 is 0 Å². The van der Waals surface area contributed by atoms with Crippen molar-refractivity contribution in [1.29, 1.82) is 0 Å². The molecule has 1 amide bonds. The number of fused-ring (bicyclic) bond motifs is 3. The zero-order valence-corrected chi connectivity index (χ0v) is 18.5. The molecular weight excluding hydrogens is 408 g/mol. The Morgan fingerprint density at radius 1 is 1.34 bits per heavy atom. The quantitative estimate of drug-likeness (QED) is 0.479. The van der Waals surface area contributed by atoms with Gasteiger partial charge in [0, 0.05) is 17.3 Å². The van der Waals surface area contributed by atoms with E-state index in [2.05, 4.69) is 20.4 Å². The Morgan fingerprint density at radius 3 is 2.91 bits per heavy atom. The molecule has 9 nitrogen and oxygen atoms in total. The molecule has 1 N–H and O–H groups in total. The predicted octanol–water partition coefficient (Wildman–Crippen LogP) is 2.88. The largest absolute Gasteiger partial charge is 0.352 e.